The number of ether oxygens (including phenoxy) is 1. The molecule has 10 heteroatoms. The Bertz CT molecular complexity index is 959. The van der Waals surface area contributed by atoms with Crippen LogP contribution in [0.3, 0.4) is 0 Å². The maximum Gasteiger partial charge on any atom is 0.243 e. The second kappa shape index (κ2) is 9.41. The fourth-order valence-electron chi connectivity index (χ4n) is 3.23. The average molecular weight is 437 g/mol. The number of aliphatic hydroxyl groups excluding tert-OH is 1. The zero-order valence-corrected chi connectivity index (χ0v) is 17.3. The minimum absolute atomic E-state index is 0.0318. The van der Waals surface area contributed by atoms with E-state index in [0.29, 0.717) is 31.9 Å². The van der Waals surface area contributed by atoms with Crippen LogP contribution in [0.15, 0.2) is 53.4 Å². The number of methoxy groups -OCH3 is 1. The Morgan fingerprint density at radius 3 is 2.23 bits per heavy atom. The van der Waals surface area contributed by atoms with Gasteiger partial charge in [-0.1, -0.05) is 0 Å². The van der Waals surface area contributed by atoms with E-state index in [4.69, 9.17) is 4.74 Å². The Kier molecular flexibility index (Phi) is 6.91. The van der Waals surface area contributed by atoms with Crippen LogP contribution in [-0.4, -0.2) is 70.3 Å². The molecule has 1 unspecified atom stereocenters. The quantitative estimate of drug-likeness (QED) is 0.666. The van der Waals surface area contributed by atoms with Crippen LogP contribution in [0.2, 0.25) is 0 Å². The highest BCUT2D eigenvalue weighted by atomic mass is 32.2. The molecule has 1 heterocycles. The van der Waals surface area contributed by atoms with Gasteiger partial charge in [-0.3, -0.25) is 4.79 Å². The van der Waals surface area contributed by atoms with Gasteiger partial charge >= 0.3 is 0 Å². The number of nitrogens with zero attached hydrogens (tertiary/aromatic N) is 2. The smallest absolute Gasteiger partial charge is 0.243 e. The molecular weight excluding hydrogens is 413 g/mol. The summed E-state index contributed by atoms with van der Waals surface area (Å²) in [6.07, 6.45) is 0. The normalized spacial score (nSPS) is 15.7. The summed E-state index contributed by atoms with van der Waals surface area (Å²) in [6.45, 7) is 1.09. The number of aliphatic hydroxyl groups is 1. The predicted octanol–water partition coefficient (Wildman–Crippen LogP) is 0.822. The van der Waals surface area contributed by atoms with E-state index in [2.05, 4.69) is 4.72 Å². The van der Waals surface area contributed by atoms with Crippen LogP contribution in [0.5, 0.6) is 5.75 Å². The van der Waals surface area contributed by atoms with Crippen molar-refractivity contribution in [3.05, 3.63) is 54.3 Å². The van der Waals surface area contributed by atoms with Gasteiger partial charge in [0.05, 0.1) is 18.6 Å². The lowest BCUT2D eigenvalue weighted by atomic mass is 10.2. The molecule has 1 atom stereocenters. The molecule has 0 aliphatic carbocycles. The van der Waals surface area contributed by atoms with Crippen LogP contribution >= 0.6 is 0 Å². The molecule has 0 spiro atoms. The third-order valence-electron chi connectivity index (χ3n) is 4.93. The first-order valence-corrected chi connectivity index (χ1v) is 10.9. The number of sulfonamides is 1. The molecule has 1 aliphatic rings. The molecule has 2 aromatic carbocycles. The molecule has 0 radical (unpaired) electrons. The minimum Gasteiger partial charge on any atom is -0.497 e. The maximum atomic E-state index is 13.1. The Labute approximate surface area is 174 Å². The number of carbonyl (C=O) groups is 1. The number of piperazine rings is 1. The molecule has 0 saturated carbocycles. The van der Waals surface area contributed by atoms with Gasteiger partial charge in [0.15, 0.2) is 0 Å². The zero-order valence-electron chi connectivity index (χ0n) is 16.5. The first-order chi connectivity index (χ1) is 14.3. The number of halogens is 1. The summed E-state index contributed by atoms with van der Waals surface area (Å²) in [5, 5.41) is 9.64. The molecule has 1 saturated heterocycles. The summed E-state index contributed by atoms with van der Waals surface area (Å²) in [5.41, 5.74) is 0.849. The van der Waals surface area contributed by atoms with Crippen molar-refractivity contribution in [2.45, 2.75) is 10.9 Å². The van der Waals surface area contributed by atoms with Crippen molar-refractivity contribution >= 4 is 21.6 Å². The molecule has 3 rings (SSSR count). The molecule has 1 aliphatic heterocycles. The number of rotatable bonds is 7. The van der Waals surface area contributed by atoms with Crippen molar-refractivity contribution in [1.29, 1.82) is 0 Å². The van der Waals surface area contributed by atoms with Gasteiger partial charge in [-0.25, -0.2) is 12.8 Å². The highest BCUT2D eigenvalue weighted by Gasteiger charge is 2.30. The fraction of sp³-hybridized carbons (Fsp3) is 0.350. The zero-order chi connectivity index (χ0) is 21.7. The number of carbonyl (C=O) groups excluding carboxylic acids is 1. The van der Waals surface area contributed by atoms with Crippen LogP contribution in [0.1, 0.15) is 0 Å². The SMILES string of the molecule is COc1ccc(S(=O)(=O)NC(CO)C(=O)N2CCN(c3ccc(F)cc3)CC2)cc1. The first kappa shape index (κ1) is 22.0. The van der Waals surface area contributed by atoms with Gasteiger partial charge in [-0.15, -0.1) is 0 Å². The highest BCUT2D eigenvalue weighted by Crippen LogP contribution is 2.18. The molecule has 2 aromatic rings. The van der Waals surface area contributed by atoms with Crippen LogP contribution in [0, 0.1) is 5.82 Å². The van der Waals surface area contributed by atoms with Crippen LogP contribution < -0.4 is 14.4 Å². The van der Waals surface area contributed by atoms with Crippen molar-refractivity contribution in [2.75, 3.05) is 44.8 Å². The van der Waals surface area contributed by atoms with Gasteiger partial charge in [0, 0.05) is 31.9 Å². The number of amides is 1. The third kappa shape index (κ3) is 5.07. The maximum absolute atomic E-state index is 13.1. The minimum atomic E-state index is -4.00. The summed E-state index contributed by atoms with van der Waals surface area (Å²) >= 11 is 0. The van der Waals surface area contributed by atoms with E-state index in [1.807, 2.05) is 4.90 Å². The molecule has 1 fully saturated rings. The number of nitrogens with one attached hydrogen (secondary N) is 1. The summed E-state index contributed by atoms with van der Waals surface area (Å²) in [6, 6.07) is 10.5. The molecule has 1 amide bonds. The summed E-state index contributed by atoms with van der Waals surface area (Å²) in [4.78, 5) is 16.3. The van der Waals surface area contributed by atoms with Gasteiger partial charge in [0.25, 0.3) is 0 Å². The molecule has 162 valence electrons. The highest BCUT2D eigenvalue weighted by molar-refractivity contribution is 7.89. The van der Waals surface area contributed by atoms with Gasteiger partial charge in [0.1, 0.15) is 17.6 Å². The molecular formula is C20H24FN3O5S. The van der Waals surface area contributed by atoms with Crippen LogP contribution in [0.4, 0.5) is 10.1 Å². The van der Waals surface area contributed by atoms with Gasteiger partial charge in [-0.2, -0.15) is 4.72 Å². The van der Waals surface area contributed by atoms with Crippen molar-refractivity contribution in [1.82, 2.24) is 9.62 Å². The van der Waals surface area contributed by atoms with Crippen LogP contribution in [-0.2, 0) is 14.8 Å². The number of hydrogen-bond donors (Lipinski definition) is 2. The lowest BCUT2D eigenvalue weighted by Crippen LogP contribution is -2.56. The van der Waals surface area contributed by atoms with E-state index < -0.39 is 28.6 Å². The predicted molar refractivity (Wildman–Crippen MR) is 109 cm³/mol. The Balaban J connectivity index is 1.62. The van der Waals surface area contributed by atoms with Gasteiger partial charge < -0.3 is 19.6 Å². The largest absolute Gasteiger partial charge is 0.497 e. The van der Waals surface area contributed by atoms with E-state index >= 15 is 0 Å². The second-order valence-corrected chi connectivity index (χ2v) is 8.53. The van der Waals surface area contributed by atoms with Crippen LogP contribution in [0.25, 0.3) is 0 Å². The summed E-state index contributed by atoms with van der Waals surface area (Å²) < 4.78 is 45.5. The van der Waals surface area contributed by atoms with E-state index in [-0.39, 0.29) is 10.7 Å². The lowest BCUT2D eigenvalue weighted by Gasteiger charge is -2.37. The Morgan fingerprint density at radius 2 is 1.70 bits per heavy atom. The Hall–Kier alpha value is -2.69. The average Bonchev–Trinajstić information content (AvgIpc) is 2.77. The first-order valence-electron chi connectivity index (χ1n) is 9.40. The van der Waals surface area contributed by atoms with Gasteiger partial charge in [0.2, 0.25) is 15.9 Å². The number of anilines is 1. The lowest BCUT2D eigenvalue weighted by molar-refractivity contribution is -0.134. The van der Waals surface area contributed by atoms with E-state index in [1.54, 1.807) is 12.1 Å². The summed E-state index contributed by atoms with van der Waals surface area (Å²) in [7, 11) is -2.53. The topological polar surface area (TPSA) is 99.2 Å². The molecule has 2 N–H and O–H groups in total. The standard InChI is InChI=1S/C20H24FN3O5S/c1-29-17-6-8-18(9-7-17)30(27,28)22-19(14-25)20(26)24-12-10-23(11-13-24)16-4-2-15(21)3-5-16/h2-9,19,22,25H,10-14H2,1H3. The molecule has 30 heavy (non-hydrogen) atoms. The van der Waals surface area contributed by atoms with E-state index in [1.165, 1.54) is 48.4 Å². The monoisotopic (exact) mass is 437 g/mol. The second-order valence-electron chi connectivity index (χ2n) is 6.82. The third-order valence-corrected chi connectivity index (χ3v) is 6.42. The number of benzene rings is 2. The van der Waals surface area contributed by atoms with E-state index in [0.717, 1.165) is 5.69 Å². The van der Waals surface area contributed by atoms with Crippen molar-refractivity contribution in [3.8, 4) is 5.75 Å². The summed E-state index contributed by atoms with van der Waals surface area (Å²) in [5.74, 6) is -0.307. The molecule has 0 aromatic heterocycles. The van der Waals surface area contributed by atoms with Crippen molar-refractivity contribution in [2.24, 2.45) is 0 Å². The fourth-order valence-corrected chi connectivity index (χ4v) is 4.41. The molecule has 8 nitrogen and oxygen atoms in total. The van der Waals surface area contributed by atoms with Gasteiger partial charge in [-0.05, 0) is 48.5 Å². The van der Waals surface area contributed by atoms with Crippen molar-refractivity contribution in [3.63, 3.8) is 0 Å². The molecule has 0 bridgehead atoms. The van der Waals surface area contributed by atoms with Crippen molar-refractivity contribution < 1.29 is 27.4 Å². The number of hydrogen-bond acceptors (Lipinski definition) is 6. The van der Waals surface area contributed by atoms with E-state index in [9.17, 15) is 22.7 Å². The Morgan fingerprint density at radius 1 is 1.10 bits per heavy atom.